The van der Waals surface area contributed by atoms with Crippen molar-refractivity contribution in [1.82, 2.24) is 0 Å². The zero-order valence-corrected chi connectivity index (χ0v) is 24.3. The van der Waals surface area contributed by atoms with Gasteiger partial charge in [0.05, 0.1) is 5.56 Å². The third-order valence-corrected chi connectivity index (χ3v) is 8.21. The first kappa shape index (κ1) is 31.5. The lowest BCUT2D eigenvalue weighted by atomic mass is 9.89. The predicted molar refractivity (Wildman–Crippen MR) is 166 cm³/mol. The van der Waals surface area contributed by atoms with Crippen LogP contribution in [0.15, 0.2) is 88.1 Å². The summed E-state index contributed by atoms with van der Waals surface area (Å²) in [7, 11) is 5.90. The molecule has 2 radical (unpaired) electrons. The molecule has 0 saturated heterocycles. The fraction of sp³-hybridized carbons (Fsp3) is 0.306. The largest absolute Gasteiger partial charge is 0.423 e. The Morgan fingerprint density at radius 3 is 2.02 bits per heavy atom. The first-order valence-corrected chi connectivity index (χ1v) is 14.9. The minimum absolute atomic E-state index is 0.0106. The van der Waals surface area contributed by atoms with Crippen molar-refractivity contribution < 1.29 is 27.8 Å². The number of hydrogen-bond donors (Lipinski definition) is 2. The average molecular weight is 598 g/mol. The molecule has 2 atom stereocenters. The molecule has 226 valence electrons. The quantitative estimate of drug-likeness (QED) is 0.202. The van der Waals surface area contributed by atoms with Crippen molar-refractivity contribution in [3.63, 3.8) is 0 Å². The number of hydrogen-bond acceptors (Lipinski definition) is 4. The molecule has 1 heterocycles. The smallest absolute Gasteiger partial charge is 0.417 e. The Morgan fingerprint density at radius 2 is 1.34 bits per heavy atom. The number of fused-ring (bicyclic) bond motifs is 1. The van der Waals surface area contributed by atoms with Crippen molar-refractivity contribution in [2.24, 2.45) is 0 Å². The van der Waals surface area contributed by atoms with Crippen molar-refractivity contribution in [1.29, 1.82) is 0 Å². The van der Waals surface area contributed by atoms with Gasteiger partial charge in [-0.25, -0.2) is 4.79 Å². The van der Waals surface area contributed by atoms with Gasteiger partial charge >= 0.3 is 11.8 Å². The van der Waals surface area contributed by atoms with Gasteiger partial charge in [-0.2, -0.15) is 13.2 Å². The third-order valence-electron chi connectivity index (χ3n) is 8.21. The molecule has 0 saturated carbocycles. The van der Waals surface area contributed by atoms with Gasteiger partial charge in [-0.05, 0) is 90.8 Å². The molecule has 1 aromatic heterocycles. The fourth-order valence-corrected chi connectivity index (χ4v) is 5.99. The number of aliphatic hydroxyl groups excluding tert-OH is 2. The minimum atomic E-state index is -4.82. The predicted octanol–water partition coefficient (Wildman–Crippen LogP) is 4.10. The van der Waals surface area contributed by atoms with Crippen LogP contribution in [-0.4, -0.2) is 30.3 Å². The van der Waals surface area contributed by atoms with Crippen molar-refractivity contribution in [3.05, 3.63) is 133 Å². The summed E-state index contributed by atoms with van der Waals surface area (Å²) in [5, 5.41) is 20.6. The van der Waals surface area contributed by atoms with Gasteiger partial charge in [0.15, 0.2) is 0 Å². The molecule has 2 N–H and O–H groups in total. The Hall–Kier alpha value is -3.88. The maximum absolute atomic E-state index is 13.9. The monoisotopic (exact) mass is 598 g/mol. The van der Waals surface area contributed by atoms with Crippen molar-refractivity contribution in [2.75, 3.05) is 0 Å². The standard InChI is InChI=1S/C36H34BF3O4/c37-28-14-6-10-25(20-28)16-15-24-9-5-8-23(19-24)7-1-2-11-26-12-3-4-13-27(26)17-18-29-34-30(36(38,39)40)21-33(42)44-32(34)22-31(41)35(29)43/h3-6,8-10,12-14,19-22,31,35,41,43H,1-2,7,11,15-18H2. The molecule has 3 aromatic carbocycles. The molecular formula is C36H34BF3O4. The molecule has 44 heavy (non-hydrogen) atoms. The minimum Gasteiger partial charge on any atom is -0.423 e. The summed E-state index contributed by atoms with van der Waals surface area (Å²) in [6.07, 6.45) is -0.928. The van der Waals surface area contributed by atoms with E-state index in [4.69, 9.17) is 12.3 Å². The van der Waals surface area contributed by atoms with Crippen molar-refractivity contribution >= 4 is 25.0 Å². The molecule has 0 spiro atoms. The number of alkyl halides is 3. The molecule has 4 aromatic rings. The van der Waals surface area contributed by atoms with E-state index in [0.29, 0.717) is 12.5 Å². The first-order valence-electron chi connectivity index (χ1n) is 14.9. The van der Waals surface area contributed by atoms with Crippen LogP contribution in [-0.2, 0) is 38.3 Å². The summed E-state index contributed by atoms with van der Waals surface area (Å²) < 4.78 is 46.6. The summed E-state index contributed by atoms with van der Waals surface area (Å²) >= 11 is 0. The molecule has 0 aliphatic heterocycles. The maximum atomic E-state index is 13.9. The van der Waals surface area contributed by atoms with Crippen LogP contribution < -0.4 is 21.7 Å². The second kappa shape index (κ2) is 13.8. The number of benzene rings is 3. The number of aliphatic hydroxyl groups is 2. The second-order valence-corrected chi connectivity index (χ2v) is 11.4. The van der Waals surface area contributed by atoms with Gasteiger partial charge in [-0.1, -0.05) is 78.3 Å². The highest BCUT2D eigenvalue weighted by Crippen LogP contribution is 2.28. The van der Waals surface area contributed by atoms with Gasteiger partial charge in [0.2, 0.25) is 0 Å². The highest BCUT2D eigenvalue weighted by atomic mass is 19.4. The molecule has 1 aliphatic rings. The lowest BCUT2D eigenvalue weighted by molar-refractivity contribution is -0.139. The number of unbranched alkanes of at least 4 members (excludes halogenated alkanes) is 1. The van der Waals surface area contributed by atoms with Crippen LogP contribution in [0.4, 0.5) is 13.2 Å². The second-order valence-electron chi connectivity index (χ2n) is 11.4. The SMILES string of the molecule is [B]c1cccc(CCc2cccc(CCCCc3ccccc3CCC3=c4c(C(F)(F)F)cc(=O)oc4=CC(O)C3O)c2)c1. The first-order chi connectivity index (χ1) is 21.1. The van der Waals surface area contributed by atoms with Crippen LogP contribution in [0.3, 0.4) is 0 Å². The summed E-state index contributed by atoms with van der Waals surface area (Å²) in [6.45, 7) is 0. The van der Waals surface area contributed by atoms with Crippen molar-refractivity contribution in [2.45, 2.75) is 69.8 Å². The molecule has 0 fully saturated rings. The van der Waals surface area contributed by atoms with Gasteiger partial charge in [0, 0.05) is 11.3 Å². The van der Waals surface area contributed by atoms with Gasteiger partial charge in [-0.3, -0.25) is 0 Å². The fourth-order valence-electron chi connectivity index (χ4n) is 5.99. The molecule has 0 bridgehead atoms. The molecule has 1 aliphatic carbocycles. The Labute approximate surface area is 255 Å². The summed E-state index contributed by atoms with van der Waals surface area (Å²) in [4.78, 5) is 11.8. The summed E-state index contributed by atoms with van der Waals surface area (Å²) in [6, 6.07) is 24.8. The van der Waals surface area contributed by atoms with Crippen LogP contribution in [0.2, 0.25) is 0 Å². The highest BCUT2D eigenvalue weighted by molar-refractivity contribution is 6.32. The van der Waals surface area contributed by atoms with Crippen molar-refractivity contribution in [3.8, 4) is 0 Å². The van der Waals surface area contributed by atoms with Gasteiger partial charge < -0.3 is 14.6 Å². The van der Waals surface area contributed by atoms with Gasteiger partial charge in [-0.15, -0.1) is 0 Å². The maximum Gasteiger partial charge on any atom is 0.417 e. The number of halogens is 3. The van der Waals surface area contributed by atoms with E-state index in [0.717, 1.165) is 61.2 Å². The van der Waals surface area contributed by atoms with E-state index in [1.54, 1.807) is 0 Å². The number of rotatable bonds is 11. The third kappa shape index (κ3) is 7.79. The Morgan fingerprint density at radius 1 is 0.727 bits per heavy atom. The Bertz CT molecular complexity index is 1790. The van der Waals surface area contributed by atoms with Crippen LogP contribution in [0.1, 0.15) is 52.6 Å². The van der Waals surface area contributed by atoms with Crippen LogP contribution >= 0.6 is 0 Å². The van der Waals surface area contributed by atoms with E-state index in [-0.39, 0.29) is 22.6 Å². The highest BCUT2D eigenvalue weighted by Gasteiger charge is 2.36. The van der Waals surface area contributed by atoms with E-state index in [1.165, 1.54) is 16.7 Å². The van der Waals surface area contributed by atoms with Crippen LogP contribution in [0.25, 0.3) is 11.6 Å². The lowest BCUT2D eigenvalue weighted by Gasteiger charge is -2.24. The number of aryl methyl sites for hydroxylation is 5. The van der Waals surface area contributed by atoms with E-state index < -0.39 is 29.6 Å². The normalized spacial score (nSPS) is 16.4. The Balaban J connectivity index is 1.23. The lowest BCUT2D eigenvalue weighted by Crippen LogP contribution is -2.47. The molecule has 4 nitrogen and oxygen atoms in total. The van der Waals surface area contributed by atoms with E-state index >= 15 is 0 Å². The average Bonchev–Trinajstić information content (AvgIpc) is 2.98. The molecule has 2 unspecified atom stereocenters. The van der Waals surface area contributed by atoms with E-state index in [9.17, 15) is 28.2 Å². The van der Waals surface area contributed by atoms with Crippen LogP contribution in [0.5, 0.6) is 0 Å². The van der Waals surface area contributed by atoms with Gasteiger partial charge in [0.1, 0.15) is 25.5 Å². The molecule has 8 heteroatoms. The summed E-state index contributed by atoms with van der Waals surface area (Å²) in [5.41, 5.74) is 3.95. The summed E-state index contributed by atoms with van der Waals surface area (Å²) in [5.74, 6) is 0. The molecular weight excluding hydrogens is 564 g/mol. The van der Waals surface area contributed by atoms with Crippen LogP contribution in [0, 0.1) is 0 Å². The van der Waals surface area contributed by atoms with E-state index in [2.05, 4.69) is 30.3 Å². The van der Waals surface area contributed by atoms with Gasteiger partial charge in [0.25, 0.3) is 0 Å². The van der Waals surface area contributed by atoms with E-state index in [1.807, 2.05) is 42.5 Å². The zero-order chi connectivity index (χ0) is 31.3. The topological polar surface area (TPSA) is 70.7 Å². The Kier molecular flexibility index (Phi) is 9.92. The molecule has 0 amide bonds. The zero-order valence-electron chi connectivity index (χ0n) is 24.3. The molecule has 5 rings (SSSR count).